The molecule has 0 atom stereocenters. The first-order valence-electron chi connectivity index (χ1n) is 5.51. The third kappa shape index (κ3) is 3.97. The number of carbonyl (C=O) groups is 1. The average molecular weight is 285 g/mol. The van der Waals surface area contributed by atoms with E-state index in [9.17, 15) is 4.79 Å². The van der Waals surface area contributed by atoms with Crippen molar-refractivity contribution in [1.82, 2.24) is 0 Å². The van der Waals surface area contributed by atoms with Gasteiger partial charge < -0.3 is 4.74 Å². The Labute approximate surface area is 105 Å². The van der Waals surface area contributed by atoms with Crippen LogP contribution in [0.5, 0.6) is 5.75 Å². The standard InChI is InChI=1S/C13H17BrO2/c1-3-4-11(15)7-5-10-6-8-13(16-2)12(14)9-10/h6,8-9H,3-5,7H2,1-2H3. The normalized spacial score (nSPS) is 10.2. The van der Waals surface area contributed by atoms with Crippen molar-refractivity contribution in [3.8, 4) is 5.75 Å². The number of hydrogen-bond donors (Lipinski definition) is 0. The number of hydrogen-bond acceptors (Lipinski definition) is 2. The average Bonchev–Trinajstić information content (AvgIpc) is 2.27. The lowest BCUT2D eigenvalue weighted by molar-refractivity contribution is -0.119. The van der Waals surface area contributed by atoms with E-state index in [1.807, 2.05) is 25.1 Å². The van der Waals surface area contributed by atoms with Gasteiger partial charge in [-0.2, -0.15) is 0 Å². The van der Waals surface area contributed by atoms with E-state index in [1.54, 1.807) is 7.11 Å². The minimum atomic E-state index is 0.342. The summed E-state index contributed by atoms with van der Waals surface area (Å²) in [5.41, 5.74) is 1.16. The van der Waals surface area contributed by atoms with Crippen LogP contribution in [0.3, 0.4) is 0 Å². The molecule has 0 aliphatic carbocycles. The van der Waals surface area contributed by atoms with Gasteiger partial charge >= 0.3 is 0 Å². The van der Waals surface area contributed by atoms with Crippen LogP contribution >= 0.6 is 15.9 Å². The fraction of sp³-hybridized carbons (Fsp3) is 0.462. The van der Waals surface area contributed by atoms with E-state index >= 15 is 0 Å². The summed E-state index contributed by atoms with van der Waals surface area (Å²) in [7, 11) is 1.64. The fourth-order valence-corrected chi connectivity index (χ4v) is 2.14. The van der Waals surface area contributed by atoms with Gasteiger partial charge in [-0.05, 0) is 46.5 Å². The molecule has 0 N–H and O–H groups in total. The Kier molecular flexibility index (Phi) is 5.53. The first-order valence-corrected chi connectivity index (χ1v) is 6.30. The Morgan fingerprint density at radius 3 is 2.69 bits per heavy atom. The second-order valence-electron chi connectivity index (χ2n) is 3.76. The third-order valence-electron chi connectivity index (χ3n) is 2.44. The van der Waals surface area contributed by atoms with Crippen molar-refractivity contribution in [3.05, 3.63) is 28.2 Å². The molecular weight excluding hydrogens is 268 g/mol. The van der Waals surface area contributed by atoms with Crippen LogP contribution < -0.4 is 4.74 Å². The van der Waals surface area contributed by atoms with Gasteiger partial charge in [-0.15, -0.1) is 0 Å². The predicted octanol–water partition coefficient (Wildman–Crippen LogP) is 3.76. The SMILES string of the molecule is CCCC(=O)CCc1ccc(OC)c(Br)c1. The maximum absolute atomic E-state index is 11.4. The van der Waals surface area contributed by atoms with Crippen LogP contribution in [0.25, 0.3) is 0 Å². The maximum atomic E-state index is 11.4. The number of methoxy groups -OCH3 is 1. The Morgan fingerprint density at radius 1 is 1.38 bits per heavy atom. The van der Waals surface area contributed by atoms with Crippen molar-refractivity contribution in [2.45, 2.75) is 32.6 Å². The van der Waals surface area contributed by atoms with Crippen molar-refractivity contribution in [1.29, 1.82) is 0 Å². The minimum absolute atomic E-state index is 0.342. The second kappa shape index (κ2) is 6.69. The predicted molar refractivity (Wildman–Crippen MR) is 68.9 cm³/mol. The summed E-state index contributed by atoms with van der Waals surface area (Å²) in [6.45, 7) is 2.03. The molecule has 0 fully saturated rings. The summed E-state index contributed by atoms with van der Waals surface area (Å²) in [6, 6.07) is 5.94. The molecule has 0 aliphatic rings. The van der Waals surface area contributed by atoms with Crippen molar-refractivity contribution >= 4 is 21.7 Å². The van der Waals surface area contributed by atoms with Gasteiger partial charge in [0.05, 0.1) is 11.6 Å². The summed E-state index contributed by atoms with van der Waals surface area (Å²) < 4.78 is 6.09. The Balaban J connectivity index is 2.55. The third-order valence-corrected chi connectivity index (χ3v) is 3.06. The second-order valence-corrected chi connectivity index (χ2v) is 4.61. The quantitative estimate of drug-likeness (QED) is 0.795. The molecule has 0 bridgehead atoms. The van der Waals surface area contributed by atoms with Crippen molar-refractivity contribution in [2.24, 2.45) is 0 Å². The lowest BCUT2D eigenvalue weighted by Gasteiger charge is -2.05. The molecule has 0 saturated carbocycles. The number of ether oxygens (including phenoxy) is 1. The molecule has 1 rings (SSSR count). The summed E-state index contributed by atoms with van der Waals surface area (Å²) in [5, 5.41) is 0. The van der Waals surface area contributed by atoms with E-state index in [2.05, 4.69) is 15.9 Å². The fourth-order valence-electron chi connectivity index (χ4n) is 1.55. The summed E-state index contributed by atoms with van der Waals surface area (Å²) in [5.74, 6) is 1.16. The number of benzene rings is 1. The minimum Gasteiger partial charge on any atom is -0.496 e. The monoisotopic (exact) mass is 284 g/mol. The van der Waals surface area contributed by atoms with Gasteiger partial charge in [-0.25, -0.2) is 0 Å². The topological polar surface area (TPSA) is 26.3 Å². The molecule has 16 heavy (non-hydrogen) atoms. The van der Waals surface area contributed by atoms with Crippen LogP contribution in [-0.2, 0) is 11.2 Å². The lowest BCUT2D eigenvalue weighted by Crippen LogP contribution is -1.99. The molecule has 1 aromatic rings. The molecule has 0 unspecified atom stereocenters. The van der Waals surface area contributed by atoms with E-state index < -0.39 is 0 Å². The van der Waals surface area contributed by atoms with E-state index in [0.29, 0.717) is 18.6 Å². The molecule has 0 spiro atoms. The van der Waals surface area contributed by atoms with Gasteiger partial charge in [-0.3, -0.25) is 4.79 Å². The number of aryl methyl sites for hydroxylation is 1. The molecular formula is C13H17BrO2. The molecule has 0 heterocycles. The van der Waals surface area contributed by atoms with Gasteiger partial charge in [0, 0.05) is 12.8 Å². The first kappa shape index (κ1) is 13.2. The van der Waals surface area contributed by atoms with Crippen LogP contribution in [0.1, 0.15) is 31.7 Å². The highest BCUT2D eigenvalue weighted by Gasteiger charge is 2.04. The highest BCUT2D eigenvalue weighted by Crippen LogP contribution is 2.26. The molecule has 1 aromatic carbocycles. The number of carbonyl (C=O) groups excluding carboxylic acids is 1. The molecule has 0 radical (unpaired) electrons. The zero-order valence-electron chi connectivity index (χ0n) is 9.75. The van der Waals surface area contributed by atoms with Crippen LogP contribution in [0.15, 0.2) is 22.7 Å². The Bertz CT molecular complexity index is 361. The summed E-state index contributed by atoms with van der Waals surface area (Å²) in [6.07, 6.45) is 3.07. The number of ketones is 1. The van der Waals surface area contributed by atoms with Gasteiger partial charge in [0.15, 0.2) is 0 Å². The van der Waals surface area contributed by atoms with Crippen LogP contribution in [0, 0.1) is 0 Å². The highest BCUT2D eigenvalue weighted by molar-refractivity contribution is 9.10. The highest BCUT2D eigenvalue weighted by atomic mass is 79.9. The molecule has 0 aromatic heterocycles. The van der Waals surface area contributed by atoms with Gasteiger partial charge in [-0.1, -0.05) is 13.0 Å². The van der Waals surface area contributed by atoms with E-state index in [0.717, 1.165) is 28.6 Å². The zero-order valence-corrected chi connectivity index (χ0v) is 11.3. The van der Waals surface area contributed by atoms with E-state index in [1.165, 1.54) is 0 Å². The lowest BCUT2D eigenvalue weighted by atomic mass is 10.1. The van der Waals surface area contributed by atoms with Crippen LogP contribution in [0.4, 0.5) is 0 Å². The van der Waals surface area contributed by atoms with Gasteiger partial charge in [0.1, 0.15) is 11.5 Å². The van der Waals surface area contributed by atoms with Gasteiger partial charge in [0.2, 0.25) is 0 Å². The molecule has 2 nitrogen and oxygen atoms in total. The van der Waals surface area contributed by atoms with Crippen molar-refractivity contribution in [3.63, 3.8) is 0 Å². The smallest absolute Gasteiger partial charge is 0.133 e. The molecule has 88 valence electrons. The molecule has 0 aliphatic heterocycles. The van der Waals surface area contributed by atoms with E-state index in [4.69, 9.17) is 4.74 Å². The largest absolute Gasteiger partial charge is 0.496 e. The summed E-state index contributed by atoms with van der Waals surface area (Å²) in [4.78, 5) is 11.4. The van der Waals surface area contributed by atoms with Crippen LogP contribution in [0.2, 0.25) is 0 Å². The molecule has 3 heteroatoms. The molecule has 0 saturated heterocycles. The Morgan fingerprint density at radius 2 is 2.12 bits per heavy atom. The number of rotatable bonds is 6. The molecule has 0 amide bonds. The van der Waals surface area contributed by atoms with Crippen molar-refractivity contribution in [2.75, 3.05) is 7.11 Å². The number of halogens is 1. The van der Waals surface area contributed by atoms with Crippen molar-refractivity contribution < 1.29 is 9.53 Å². The number of Topliss-reactive ketones (excluding diaryl/α,β-unsaturated/α-hetero) is 1. The van der Waals surface area contributed by atoms with Gasteiger partial charge in [0.25, 0.3) is 0 Å². The van der Waals surface area contributed by atoms with E-state index in [-0.39, 0.29) is 0 Å². The Hall–Kier alpha value is -0.830. The summed E-state index contributed by atoms with van der Waals surface area (Å²) >= 11 is 3.44. The van der Waals surface area contributed by atoms with Crippen LogP contribution in [-0.4, -0.2) is 12.9 Å². The zero-order chi connectivity index (χ0) is 12.0. The maximum Gasteiger partial charge on any atom is 0.133 e. The first-order chi connectivity index (χ1) is 7.67.